The zero-order valence-corrected chi connectivity index (χ0v) is 14.7. The van der Waals surface area contributed by atoms with E-state index in [1.54, 1.807) is 0 Å². The second-order valence-electron chi connectivity index (χ2n) is 5.79. The van der Waals surface area contributed by atoms with Crippen LogP contribution in [0, 0.1) is 0 Å². The van der Waals surface area contributed by atoms with Crippen LogP contribution in [0.5, 0.6) is 5.88 Å². The molecule has 25 heavy (non-hydrogen) atoms. The first-order valence-electron chi connectivity index (χ1n) is 7.71. The number of pyridine rings is 1. The van der Waals surface area contributed by atoms with Crippen molar-refractivity contribution in [2.24, 2.45) is 0 Å². The third-order valence-corrected chi connectivity index (χ3v) is 4.54. The fraction of sp³-hybridized carbons (Fsp3) is 0.353. The lowest BCUT2D eigenvalue weighted by Gasteiger charge is -2.21. The third kappa shape index (κ3) is 4.24. The van der Waals surface area contributed by atoms with Crippen LogP contribution >= 0.6 is 15.9 Å². The molecule has 134 valence electrons. The summed E-state index contributed by atoms with van der Waals surface area (Å²) >= 11 is 3.38. The van der Waals surface area contributed by atoms with Crippen molar-refractivity contribution < 1.29 is 23.0 Å². The van der Waals surface area contributed by atoms with E-state index in [2.05, 4.69) is 25.8 Å². The van der Waals surface area contributed by atoms with Crippen LogP contribution < -0.4 is 9.64 Å². The van der Waals surface area contributed by atoms with Gasteiger partial charge in [-0.05, 0) is 24.3 Å². The molecule has 3 rings (SSSR count). The summed E-state index contributed by atoms with van der Waals surface area (Å²) in [6.07, 6.45) is -3.07. The van der Waals surface area contributed by atoms with Crippen LogP contribution in [0.4, 0.5) is 18.9 Å². The summed E-state index contributed by atoms with van der Waals surface area (Å²) in [5.74, 6) is 0.179. The molecule has 1 aromatic heterocycles. The number of aliphatic hydroxyl groups is 1. The maximum atomic E-state index is 12.6. The van der Waals surface area contributed by atoms with Gasteiger partial charge in [-0.15, -0.1) is 0 Å². The first-order valence-corrected chi connectivity index (χ1v) is 8.50. The highest BCUT2D eigenvalue weighted by Crippen LogP contribution is 2.31. The van der Waals surface area contributed by atoms with Gasteiger partial charge in [-0.25, -0.2) is 4.98 Å². The molecule has 1 aliphatic heterocycles. The summed E-state index contributed by atoms with van der Waals surface area (Å²) < 4.78 is 44.2. The van der Waals surface area contributed by atoms with Crippen LogP contribution in [0.15, 0.2) is 41.0 Å². The lowest BCUT2D eigenvalue weighted by atomic mass is 10.2. The Labute approximate surface area is 151 Å². The molecule has 8 heteroatoms. The molecule has 1 fully saturated rings. The largest absolute Gasteiger partial charge is 0.472 e. The number of halogens is 4. The minimum Gasteiger partial charge on any atom is -0.472 e. The highest BCUT2D eigenvalue weighted by Gasteiger charge is 2.31. The number of aliphatic hydroxyl groups excluding tert-OH is 1. The molecule has 4 nitrogen and oxygen atoms in total. The molecule has 0 spiro atoms. The number of hydrogen-bond acceptors (Lipinski definition) is 4. The van der Waals surface area contributed by atoms with Gasteiger partial charge in [0, 0.05) is 41.0 Å². The van der Waals surface area contributed by atoms with Crippen LogP contribution in [0.3, 0.4) is 0 Å². The molecule has 0 saturated carbocycles. The Balaban J connectivity index is 1.65. The highest BCUT2D eigenvalue weighted by atomic mass is 79.9. The van der Waals surface area contributed by atoms with E-state index < -0.39 is 11.7 Å². The predicted molar refractivity (Wildman–Crippen MR) is 90.5 cm³/mol. The molecule has 1 aliphatic rings. The van der Waals surface area contributed by atoms with Crippen molar-refractivity contribution in [2.45, 2.75) is 25.3 Å². The molecule has 1 atom stereocenters. The number of ether oxygens (including phenoxy) is 1. The molecule has 1 saturated heterocycles. The first-order chi connectivity index (χ1) is 11.9. The van der Waals surface area contributed by atoms with Gasteiger partial charge in [-0.1, -0.05) is 15.9 Å². The van der Waals surface area contributed by atoms with Gasteiger partial charge < -0.3 is 14.7 Å². The Morgan fingerprint density at radius 2 is 2.08 bits per heavy atom. The quantitative estimate of drug-likeness (QED) is 0.817. The molecule has 2 aromatic rings. The average Bonchev–Trinajstić information content (AvgIpc) is 3.02. The van der Waals surface area contributed by atoms with Crippen molar-refractivity contribution >= 4 is 21.6 Å². The van der Waals surface area contributed by atoms with Crippen LogP contribution in [0.2, 0.25) is 0 Å². The fourth-order valence-electron chi connectivity index (χ4n) is 2.82. The number of rotatable bonds is 4. The minimum absolute atomic E-state index is 0.0722. The van der Waals surface area contributed by atoms with Crippen molar-refractivity contribution in [2.75, 3.05) is 18.0 Å². The summed E-state index contributed by atoms with van der Waals surface area (Å²) in [5, 5.41) is 9.52. The van der Waals surface area contributed by atoms with Crippen LogP contribution in [0.25, 0.3) is 0 Å². The molecule has 2 heterocycles. The lowest BCUT2D eigenvalue weighted by molar-refractivity contribution is -0.137. The number of benzene rings is 1. The van der Waals surface area contributed by atoms with Gasteiger partial charge in [0.2, 0.25) is 5.88 Å². The van der Waals surface area contributed by atoms with Gasteiger partial charge >= 0.3 is 6.18 Å². The van der Waals surface area contributed by atoms with Gasteiger partial charge in [0.05, 0.1) is 18.7 Å². The number of aromatic nitrogens is 1. The van der Waals surface area contributed by atoms with E-state index in [4.69, 9.17) is 4.74 Å². The van der Waals surface area contributed by atoms with Gasteiger partial charge in [0.15, 0.2) is 0 Å². The van der Waals surface area contributed by atoms with Gasteiger partial charge in [0.1, 0.15) is 6.10 Å². The molecule has 0 bridgehead atoms. The van der Waals surface area contributed by atoms with Crippen molar-refractivity contribution in [3.05, 3.63) is 52.1 Å². The van der Waals surface area contributed by atoms with Crippen LogP contribution in [-0.2, 0) is 12.8 Å². The van der Waals surface area contributed by atoms with E-state index in [9.17, 15) is 18.3 Å². The van der Waals surface area contributed by atoms with Gasteiger partial charge in [0.25, 0.3) is 0 Å². The first kappa shape index (κ1) is 18.0. The molecule has 1 aromatic carbocycles. The van der Waals surface area contributed by atoms with Crippen molar-refractivity contribution in [3.63, 3.8) is 0 Å². The molecule has 0 radical (unpaired) electrons. The van der Waals surface area contributed by atoms with E-state index in [1.165, 1.54) is 6.07 Å². The van der Waals surface area contributed by atoms with E-state index in [-0.39, 0.29) is 18.6 Å². The highest BCUT2D eigenvalue weighted by molar-refractivity contribution is 9.10. The lowest BCUT2D eigenvalue weighted by Crippen LogP contribution is -2.25. The molecular weight excluding hydrogens is 401 g/mol. The second kappa shape index (κ2) is 7.21. The van der Waals surface area contributed by atoms with Crippen LogP contribution in [-0.4, -0.2) is 29.3 Å². The Morgan fingerprint density at radius 1 is 1.28 bits per heavy atom. The predicted octanol–water partition coefficient (Wildman–Crippen LogP) is 4.01. The van der Waals surface area contributed by atoms with E-state index in [0.29, 0.717) is 6.54 Å². The summed E-state index contributed by atoms with van der Waals surface area (Å²) in [6.45, 7) is 1.24. The molecule has 1 N–H and O–H groups in total. The Bertz CT molecular complexity index is 738. The number of nitrogens with zero attached hydrogens (tertiary/aromatic N) is 2. The van der Waals surface area contributed by atoms with Crippen molar-refractivity contribution in [1.82, 2.24) is 4.98 Å². The average molecular weight is 417 g/mol. The minimum atomic E-state index is -4.40. The number of anilines is 1. The zero-order chi connectivity index (χ0) is 18.0. The molecule has 0 aliphatic carbocycles. The third-order valence-electron chi connectivity index (χ3n) is 4.05. The monoisotopic (exact) mass is 416 g/mol. The van der Waals surface area contributed by atoms with Gasteiger partial charge in [-0.3, -0.25) is 0 Å². The SMILES string of the molecule is OCc1cc(Br)ccc1N1CCC(Oc2ccc(C(F)(F)F)cn2)C1. The summed E-state index contributed by atoms with van der Waals surface area (Å²) in [5.41, 5.74) is 0.940. The number of hydrogen-bond donors (Lipinski definition) is 1. The van der Waals surface area contributed by atoms with Crippen molar-refractivity contribution in [1.29, 1.82) is 0 Å². The summed E-state index contributed by atoms with van der Waals surface area (Å²) in [4.78, 5) is 5.83. The second-order valence-corrected chi connectivity index (χ2v) is 6.70. The molecule has 0 amide bonds. The maximum Gasteiger partial charge on any atom is 0.417 e. The standard InChI is InChI=1S/C17H16BrF3N2O2/c18-13-2-3-15(11(7-13)10-24)23-6-5-14(9-23)25-16-4-1-12(8-22-16)17(19,20)21/h1-4,7-8,14,24H,5-6,9-10H2. The van der Waals surface area contributed by atoms with E-state index in [1.807, 2.05) is 18.2 Å². The summed E-state index contributed by atoms with van der Waals surface area (Å²) in [7, 11) is 0. The fourth-order valence-corrected chi connectivity index (χ4v) is 3.23. The smallest absolute Gasteiger partial charge is 0.417 e. The number of alkyl halides is 3. The van der Waals surface area contributed by atoms with Crippen molar-refractivity contribution in [3.8, 4) is 5.88 Å². The molecular formula is C17H16BrF3N2O2. The van der Waals surface area contributed by atoms with Gasteiger partial charge in [-0.2, -0.15) is 13.2 Å². The Kier molecular flexibility index (Phi) is 5.19. The van der Waals surface area contributed by atoms with E-state index >= 15 is 0 Å². The Morgan fingerprint density at radius 3 is 2.72 bits per heavy atom. The van der Waals surface area contributed by atoms with E-state index in [0.717, 1.165) is 41.0 Å². The molecule has 1 unspecified atom stereocenters. The Hall–Kier alpha value is -1.80. The van der Waals surface area contributed by atoms with Crippen LogP contribution in [0.1, 0.15) is 17.5 Å². The summed E-state index contributed by atoms with van der Waals surface area (Å²) in [6, 6.07) is 7.90. The normalized spacial score (nSPS) is 17.8. The zero-order valence-electron chi connectivity index (χ0n) is 13.1. The topological polar surface area (TPSA) is 45.6 Å². The maximum absolute atomic E-state index is 12.6.